The molecule has 1 N–H and O–H groups in total. The normalized spacial score (nSPS) is 11.0. The number of benzene rings is 2. The summed E-state index contributed by atoms with van der Waals surface area (Å²) < 4.78 is 16.2. The van der Waals surface area contributed by atoms with Crippen molar-refractivity contribution in [2.24, 2.45) is 0 Å². The molecule has 3 rings (SSSR count). The fourth-order valence-electron chi connectivity index (χ4n) is 2.62. The van der Waals surface area contributed by atoms with E-state index in [1.54, 1.807) is 42.5 Å². The molecule has 0 saturated carbocycles. The number of nitrogens with zero attached hydrogens (tertiary/aromatic N) is 1. The van der Waals surface area contributed by atoms with Crippen molar-refractivity contribution in [1.29, 1.82) is 5.26 Å². The molecule has 0 fully saturated rings. The van der Waals surface area contributed by atoms with Crippen LogP contribution in [0.4, 0.5) is 0 Å². The van der Waals surface area contributed by atoms with Gasteiger partial charge in [0.05, 0.1) is 18.8 Å². The number of halogens is 1. The Morgan fingerprint density at radius 3 is 2.69 bits per heavy atom. The summed E-state index contributed by atoms with van der Waals surface area (Å²) in [5.41, 5.74) is 1.92. The van der Waals surface area contributed by atoms with Gasteiger partial charge in [-0.05, 0) is 53.6 Å². The molecule has 29 heavy (non-hydrogen) atoms. The largest absolute Gasteiger partial charge is 0.493 e. The van der Waals surface area contributed by atoms with Crippen LogP contribution in [0.5, 0.6) is 11.5 Å². The van der Waals surface area contributed by atoms with E-state index in [1.807, 2.05) is 6.07 Å². The van der Waals surface area contributed by atoms with Gasteiger partial charge in [0, 0.05) is 5.02 Å². The highest BCUT2D eigenvalue weighted by atomic mass is 35.5. The van der Waals surface area contributed by atoms with E-state index in [4.69, 9.17) is 30.6 Å². The number of aromatic carboxylic acids is 1. The van der Waals surface area contributed by atoms with Gasteiger partial charge < -0.3 is 19.0 Å². The van der Waals surface area contributed by atoms with Crippen molar-refractivity contribution in [3.63, 3.8) is 0 Å². The lowest BCUT2D eigenvalue weighted by Crippen LogP contribution is -1.97. The van der Waals surface area contributed by atoms with Crippen molar-refractivity contribution >= 4 is 29.2 Å². The number of hydrogen-bond donors (Lipinski definition) is 1. The van der Waals surface area contributed by atoms with Crippen molar-refractivity contribution in [2.75, 3.05) is 7.11 Å². The van der Waals surface area contributed by atoms with Gasteiger partial charge in [-0.3, -0.25) is 0 Å². The van der Waals surface area contributed by atoms with E-state index in [0.717, 1.165) is 5.56 Å². The zero-order valence-electron chi connectivity index (χ0n) is 15.4. The minimum absolute atomic E-state index is 0.0464. The van der Waals surface area contributed by atoms with Gasteiger partial charge in [0.2, 0.25) is 5.76 Å². The zero-order valence-corrected chi connectivity index (χ0v) is 16.1. The van der Waals surface area contributed by atoms with Gasteiger partial charge in [-0.25, -0.2) is 4.79 Å². The summed E-state index contributed by atoms with van der Waals surface area (Å²) in [5.74, 6) is 0.00607. The van der Waals surface area contributed by atoms with Gasteiger partial charge in [0.15, 0.2) is 11.5 Å². The van der Waals surface area contributed by atoms with Crippen molar-refractivity contribution in [1.82, 2.24) is 0 Å². The Balaban J connectivity index is 1.80. The van der Waals surface area contributed by atoms with E-state index in [9.17, 15) is 10.1 Å². The maximum atomic E-state index is 10.9. The van der Waals surface area contributed by atoms with Crippen molar-refractivity contribution < 1.29 is 23.8 Å². The lowest BCUT2D eigenvalue weighted by atomic mass is 10.0. The molecular formula is C22H16ClNO5. The number of carboxylic acids is 1. The third kappa shape index (κ3) is 4.98. The predicted molar refractivity (Wildman–Crippen MR) is 108 cm³/mol. The van der Waals surface area contributed by atoms with E-state index in [1.165, 1.54) is 19.2 Å². The summed E-state index contributed by atoms with van der Waals surface area (Å²) in [7, 11) is 1.51. The molecule has 0 amide bonds. The molecule has 2 aromatic carbocycles. The molecule has 6 nitrogen and oxygen atoms in total. The van der Waals surface area contributed by atoms with Gasteiger partial charge in [-0.2, -0.15) is 5.26 Å². The molecule has 0 radical (unpaired) electrons. The van der Waals surface area contributed by atoms with Gasteiger partial charge in [-0.1, -0.05) is 29.8 Å². The van der Waals surface area contributed by atoms with Crippen LogP contribution in [0, 0.1) is 11.3 Å². The topological polar surface area (TPSA) is 92.7 Å². The van der Waals surface area contributed by atoms with Crippen LogP contribution in [0.3, 0.4) is 0 Å². The Kier molecular flexibility index (Phi) is 6.22. The molecule has 7 heteroatoms. The van der Waals surface area contributed by atoms with Crippen LogP contribution in [0.15, 0.2) is 59.0 Å². The lowest BCUT2D eigenvalue weighted by molar-refractivity contribution is 0.0658. The minimum atomic E-state index is -1.14. The average Bonchev–Trinajstić information content (AvgIpc) is 3.20. The van der Waals surface area contributed by atoms with E-state index in [0.29, 0.717) is 33.4 Å². The monoisotopic (exact) mass is 409 g/mol. The van der Waals surface area contributed by atoms with Gasteiger partial charge in [-0.15, -0.1) is 0 Å². The molecule has 0 spiro atoms. The molecule has 1 heterocycles. The zero-order chi connectivity index (χ0) is 20.8. The summed E-state index contributed by atoms with van der Waals surface area (Å²) in [6.07, 6.45) is 1.73. The number of rotatable bonds is 7. The standard InChI is InChI=1S/C22H16ClNO5/c1-27-21-10-14(9-16(12-24)15-3-2-4-17(23)11-15)5-7-19(21)28-13-18-6-8-20(29-18)22(25)26/h2-11H,13H2,1H3,(H,25,26). The van der Waals surface area contributed by atoms with Crippen molar-refractivity contribution in [2.45, 2.75) is 6.61 Å². The highest BCUT2D eigenvalue weighted by Crippen LogP contribution is 2.31. The molecule has 0 aliphatic carbocycles. The number of allylic oxidation sites excluding steroid dienone is 1. The second-order valence-electron chi connectivity index (χ2n) is 5.95. The van der Waals surface area contributed by atoms with E-state index >= 15 is 0 Å². The molecule has 3 aromatic rings. The Hall–Kier alpha value is -3.69. The van der Waals surface area contributed by atoms with Crippen LogP contribution >= 0.6 is 11.6 Å². The Morgan fingerprint density at radius 1 is 1.21 bits per heavy atom. The summed E-state index contributed by atoms with van der Waals surface area (Å²) in [6, 6.07) is 17.4. The summed E-state index contributed by atoms with van der Waals surface area (Å²) >= 11 is 6.01. The molecule has 0 bridgehead atoms. The first-order valence-electron chi connectivity index (χ1n) is 8.50. The van der Waals surface area contributed by atoms with Crippen LogP contribution in [-0.4, -0.2) is 18.2 Å². The van der Waals surface area contributed by atoms with Gasteiger partial charge in [0.25, 0.3) is 0 Å². The number of methoxy groups -OCH3 is 1. The van der Waals surface area contributed by atoms with E-state index in [2.05, 4.69) is 6.07 Å². The Labute approximate surface area is 172 Å². The first kappa shape index (κ1) is 20.1. The van der Waals surface area contributed by atoms with Crippen LogP contribution < -0.4 is 9.47 Å². The Bertz CT molecular complexity index is 1110. The maximum Gasteiger partial charge on any atom is 0.371 e. The number of ether oxygens (including phenoxy) is 2. The average molecular weight is 410 g/mol. The summed E-state index contributed by atoms with van der Waals surface area (Å²) in [6.45, 7) is 0.0464. The van der Waals surface area contributed by atoms with Crippen LogP contribution in [0.1, 0.15) is 27.4 Å². The second kappa shape index (κ2) is 9.00. The number of nitriles is 1. The number of furan rings is 1. The third-order valence-corrected chi connectivity index (χ3v) is 4.23. The van der Waals surface area contributed by atoms with Crippen molar-refractivity contribution in [3.05, 3.63) is 82.3 Å². The molecule has 1 aromatic heterocycles. The first-order chi connectivity index (χ1) is 14.0. The van der Waals surface area contributed by atoms with Crippen LogP contribution in [0.25, 0.3) is 11.6 Å². The van der Waals surface area contributed by atoms with Gasteiger partial charge >= 0.3 is 5.97 Å². The van der Waals surface area contributed by atoms with Crippen LogP contribution in [0.2, 0.25) is 5.02 Å². The highest BCUT2D eigenvalue weighted by molar-refractivity contribution is 6.30. The lowest BCUT2D eigenvalue weighted by Gasteiger charge is -2.10. The summed E-state index contributed by atoms with van der Waals surface area (Å²) in [5, 5.41) is 18.9. The van der Waals surface area contributed by atoms with E-state index < -0.39 is 5.97 Å². The number of hydrogen-bond acceptors (Lipinski definition) is 5. The fraction of sp³-hybridized carbons (Fsp3) is 0.0909. The molecule has 146 valence electrons. The van der Waals surface area contributed by atoms with Crippen molar-refractivity contribution in [3.8, 4) is 17.6 Å². The highest BCUT2D eigenvalue weighted by Gasteiger charge is 2.11. The minimum Gasteiger partial charge on any atom is -0.493 e. The predicted octanol–water partition coefficient (Wildman–Crippen LogP) is 5.28. The number of carboxylic acid groups (broad SMARTS) is 1. The quantitative estimate of drug-likeness (QED) is 0.421. The molecule has 0 atom stereocenters. The summed E-state index contributed by atoms with van der Waals surface area (Å²) in [4.78, 5) is 10.9. The molecule has 0 saturated heterocycles. The third-order valence-electron chi connectivity index (χ3n) is 4.00. The molecule has 0 unspecified atom stereocenters. The second-order valence-corrected chi connectivity index (χ2v) is 6.39. The Morgan fingerprint density at radius 2 is 2.03 bits per heavy atom. The smallest absolute Gasteiger partial charge is 0.371 e. The maximum absolute atomic E-state index is 10.9. The van der Waals surface area contributed by atoms with Crippen LogP contribution in [-0.2, 0) is 6.61 Å². The molecule has 0 aliphatic rings. The van der Waals surface area contributed by atoms with E-state index in [-0.39, 0.29) is 12.4 Å². The fourth-order valence-corrected chi connectivity index (χ4v) is 2.81. The van der Waals surface area contributed by atoms with Gasteiger partial charge in [0.1, 0.15) is 12.4 Å². The molecular weight excluding hydrogens is 394 g/mol. The first-order valence-corrected chi connectivity index (χ1v) is 8.88. The number of carbonyl (C=O) groups is 1. The SMILES string of the molecule is COc1cc(C=C(C#N)c2cccc(Cl)c2)ccc1OCc1ccc(C(=O)O)o1. The molecule has 0 aliphatic heterocycles.